The van der Waals surface area contributed by atoms with Crippen molar-refractivity contribution in [3.8, 4) is 11.5 Å². The maximum atomic E-state index is 13.3. The Morgan fingerprint density at radius 1 is 0.914 bits per heavy atom. The quantitative estimate of drug-likeness (QED) is 0.344. The van der Waals surface area contributed by atoms with Crippen molar-refractivity contribution in [1.82, 2.24) is 4.90 Å². The smallest absolute Gasteiger partial charge is 0.255 e. The molecule has 6 heteroatoms. The van der Waals surface area contributed by atoms with E-state index in [1.165, 1.54) is 6.42 Å². The fourth-order valence-electron chi connectivity index (χ4n) is 4.89. The summed E-state index contributed by atoms with van der Waals surface area (Å²) in [5, 5.41) is 4.04. The molecule has 1 aliphatic rings. The van der Waals surface area contributed by atoms with Gasteiger partial charge in [0.2, 0.25) is 0 Å². The number of methoxy groups -OCH3 is 2. The van der Waals surface area contributed by atoms with Gasteiger partial charge in [-0.3, -0.25) is 9.69 Å². The highest BCUT2D eigenvalue weighted by molar-refractivity contribution is 6.09. The number of benzene rings is 3. The zero-order valence-corrected chi connectivity index (χ0v) is 20.1. The third kappa shape index (κ3) is 4.62. The van der Waals surface area contributed by atoms with Crippen LogP contribution in [0.4, 0.5) is 5.69 Å². The standard InChI is InChI=1S/C29H30N2O4/c1-33-21-15-16-24(34-2)23(19-21)27(31-17-9-4-10-18-31)28-26(22-13-7-8-14-25(22)35-28)30-29(32)20-11-5-3-6-12-20/h3,5-8,11-16,19,27H,4,9-10,17-18H2,1-2H3,(H,30,32)/t27-/m1/s1. The second-order valence-electron chi connectivity index (χ2n) is 8.76. The molecule has 35 heavy (non-hydrogen) atoms. The van der Waals surface area contributed by atoms with Crippen LogP contribution in [0.5, 0.6) is 11.5 Å². The molecule has 0 spiro atoms. The van der Waals surface area contributed by atoms with Gasteiger partial charge < -0.3 is 19.2 Å². The summed E-state index contributed by atoms with van der Waals surface area (Å²) in [5.41, 5.74) is 2.96. The Morgan fingerprint density at radius 3 is 2.40 bits per heavy atom. The van der Waals surface area contributed by atoms with Crippen LogP contribution < -0.4 is 14.8 Å². The summed E-state index contributed by atoms with van der Waals surface area (Å²) in [4.78, 5) is 15.7. The first-order valence-corrected chi connectivity index (χ1v) is 12.0. The van der Waals surface area contributed by atoms with Crippen LogP contribution >= 0.6 is 0 Å². The summed E-state index contributed by atoms with van der Waals surface area (Å²) < 4.78 is 17.9. The lowest BCUT2D eigenvalue weighted by Crippen LogP contribution is -2.35. The van der Waals surface area contributed by atoms with Crippen LogP contribution in [0.1, 0.15) is 47.0 Å². The number of ether oxygens (including phenoxy) is 2. The van der Waals surface area contributed by atoms with Crippen molar-refractivity contribution in [3.05, 3.63) is 89.7 Å². The molecule has 0 saturated carbocycles. The first-order chi connectivity index (χ1) is 17.2. The monoisotopic (exact) mass is 470 g/mol. The van der Waals surface area contributed by atoms with Crippen molar-refractivity contribution in [1.29, 1.82) is 0 Å². The molecular weight excluding hydrogens is 440 g/mol. The van der Waals surface area contributed by atoms with Crippen LogP contribution in [0.2, 0.25) is 0 Å². The zero-order chi connectivity index (χ0) is 24.2. The van der Waals surface area contributed by atoms with Gasteiger partial charge in [-0.15, -0.1) is 0 Å². The Morgan fingerprint density at radius 2 is 1.66 bits per heavy atom. The van der Waals surface area contributed by atoms with Crippen molar-refractivity contribution in [3.63, 3.8) is 0 Å². The van der Waals surface area contributed by atoms with Crippen LogP contribution in [0, 0.1) is 0 Å². The summed E-state index contributed by atoms with van der Waals surface area (Å²) in [6, 6.07) is 22.7. The van der Waals surface area contributed by atoms with Crippen molar-refractivity contribution in [2.45, 2.75) is 25.3 Å². The van der Waals surface area contributed by atoms with Gasteiger partial charge >= 0.3 is 0 Å². The van der Waals surface area contributed by atoms with E-state index in [4.69, 9.17) is 13.9 Å². The van der Waals surface area contributed by atoms with Gasteiger partial charge in [0.05, 0.1) is 25.9 Å². The van der Waals surface area contributed by atoms with E-state index in [2.05, 4.69) is 10.2 Å². The number of carbonyl (C=O) groups excluding carboxylic acids is 1. The normalized spacial score (nSPS) is 15.0. The highest BCUT2D eigenvalue weighted by atomic mass is 16.5. The molecule has 0 aliphatic carbocycles. The van der Waals surface area contributed by atoms with Gasteiger partial charge in [-0.05, 0) is 68.4 Å². The summed E-state index contributed by atoms with van der Waals surface area (Å²) in [6.07, 6.45) is 3.42. The van der Waals surface area contributed by atoms with E-state index in [-0.39, 0.29) is 11.9 Å². The lowest BCUT2D eigenvalue weighted by atomic mass is 9.97. The molecule has 1 fully saturated rings. The Kier molecular flexibility index (Phi) is 6.73. The van der Waals surface area contributed by atoms with E-state index in [1.54, 1.807) is 14.2 Å². The summed E-state index contributed by atoms with van der Waals surface area (Å²) >= 11 is 0. The third-order valence-corrected chi connectivity index (χ3v) is 6.63. The van der Waals surface area contributed by atoms with Gasteiger partial charge in [-0.1, -0.05) is 36.8 Å². The van der Waals surface area contributed by atoms with Crippen molar-refractivity contribution >= 4 is 22.6 Å². The van der Waals surface area contributed by atoms with Gasteiger partial charge in [-0.2, -0.15) is 0 Å². The number of para-hydroxylation sites is 1. The van der Waals surface area contributed by atoms with E-state index in [0.717, 1.165) is 54.0 Å². The molecule has 1 amide bonds. The number of furan rings is 1. The fourth-order valence-corrected chi connectivity index (χ4v) is 4.89. The predicted octanol–water partition coefficient (Wildman–Crippen LogP) is 6.28. The van der Waals surface area contributed by atoms with Gasteiger partial charge in [0, 0.05) is 16.5 Å². The van der Waals surface area contributed by atoms with Gasteiger partial charge in [0.15, 0.2) is 5.76 Å². The van der Waals surface area contributed by atoms with Crippen molar-refractivity contribution < 1.29 is 18.7 Å². The van der Waals surface area contributed by atoms with Gasteiger partial charge in [0.25, 0.3) is 5.91 Å². The minimum atomic E-state index is -0.251. The Bertz CT molecular complexity index is 1310. The van der Waals surface area contributed by atoms with E-state index < -0.39 is 0 Å². The minimum absolute atomic E-state index is 0.173. The SMILES string of the molecule is COc1ccc(OC)c([C@H](c2oc3ccccc3c2NC(=O)c2ccccc2)N2CCCCC2)c1. The molecule has 0 bridgehead atoms. The molecule has 0 unspecified atom stereocenters. The molecule has 1 N–H and O–H groups in total. The summed E-state index contributed by atoms with van der Waals surface area (Å²) in [6.45, 7) is 1.85. The molecule has 3 aromatic carbocycles. The summed E-state index contributed by atoms with van der Waals surface area (Å²) in [5.74, 6) is 2.02. The van der Waals surface area contributed by atoms with Crippen LogP contribution in [0.3, 0.4) is 0 Å². The molecule has 6 nitrogen and oxygen atoms in total. The molecule has 1 aliphatic heterocycles. The fraction of sp³-hybridized carbons (Fsp3) is 0.276. The lowest BCUT2D eigenvalue weighted by molar-refractivity contribution is 0.102. The largest absolute Gasteiger partial charge is 0.497 e. The Balaban J connectivity index is 1.69. The van der Waals surface area contributed by atoms with Gasteiger partial charge in [-0.25, -0.2) is 0 Å². The molecule has 0 radical (unpaired) electrons. The number of piperidine rings is 1. The lowest BCUT2D eigenvalue weighted by Gasteiger charge is -2.35. The number of carbonyl (C=O) groups is 1. The zero-order valence-electron chi connectivity index (χ0n) is 20.1. The van der Waals surface area contributed by atoms with Crippen molar-refractivity contribution in [2.24, 2.45) is 0 Å². The average molecular weight is 471 g/mol. The number of likely N-dealkylation sites (tertiary alicyclic amines) is 1. The highest BCUT2D eigenvalue weighted by Crippen LogP contribution is 2.44. The molecule has 4 aromatic rings. The van der Waals surface area contributed by atoms with Gasteiger partial charge in [0.1, 0.15) is 17.1 Å². The van der Waals surface area contributed by atoms with Crippen LogP contribution in [-0.2, 0) is 0 Å². The molecule has 1 atom stereocenters. The Hall–Kier alpha value is -3.77. The Labute approximate surface area is 205 Å². The van der Waals surface area contributed by atoms with Crippen LogP contribution in [0.15, 0.2) is 77.2 Å². The van der Waals surface area contributed by atoms with E-state index in [1.807, 2.05) is 72.8 Å². The maximum absolute atomic E-state index is 13.3. The second kappa shape index (κ2) is 10.2. The number of rotatable bonds is 7. The maximum Gasteiger partial charge on any atom is 0.255 e. The molecular formula is C29H30N2O4. The molecule has 5 rings (SSSR count). The van der Waals surface area contributed by atoms with E-state index in [0.29, 0.717) is 17.0 Å². The predicted molar refractivity (Wildman–Crippen MR) is 137 cm³/mol. The van der Waals surface area contributed by atoms with E-state index in [9.17, 15) is 4.79 Å². The number of hydrogen-bond acceptors (Lipinski definition) is 5. The van der Waals surface area contributed by atoms with E-state index >= 15 is 0 Å². The number of fused-ring (bicyclic) bond motifs is 1. The molecule has 180 valence electrons. The number of anilines is 1. The number of hydrogen-bond donors (Lipinski definition) is 1. The second-order valence-corrected chi connectivity index (χ2v) is 8.76. The first-order valence-electron chi connectivity index (χ1n) is 12.0. The molecule has 1 aromatic heterocycles. The molecule has 1 saturated heterocycles. The highest BCUT2D eigenvalue weighted by Gasteiger charge is 2.33. The third-order valence-electron chi connectivity index (χ3n) is 6.63. The minimum Gasteiger partial charge on any atom is -0.497 e. The number of nitrogens with zero attached hydrogens (tertiary/aromatic N) is 1. The van der Waals surface area contributed by atoms with Crippen molar-refractivity contribution in [2.75, 3.05) is 32.6 Å². The topological polar surface area (TPSA) is 63.9 Å². The number of nitrogens with one attached hydrogen (secondary N) is 1. The average Bonchev–Trinajstić information content (AvgIpc) is 3.27. The number of amides is 1. The summed E-state index contributed by atoms with van der Waals surface area (Å²) in [7, 11) is 3.34. The van der Waals surface area contributed by atoms with Crippen LogP contribution in [0.25, 0.3) is 11.0 Å². The van der Waals surface area contributed by atoms with Crippen LogP contribution in [-0.4, -0.2) is 38.1 Å². The molecule has 2 heterocycles. The first kappa shape index (κ1) is 23.0.